The third-order valence-corrected chi connectivity index (χ3v) is 5.20. The number of likely N-dealkylation sites (tertiary alicyclic amines) is 1. The summed E-state index contributed by atoms with van der Waals surface area (Å²) in [7, 11) is 0. The van der Waals surface area contributed by atoms with Crippen molar-refractivity contribution in [3.05, 3.63) is 42.0 Å². The smallest absolute Gasteiger partial charge is 0.234 e. The molecule has 0 radical (unpaired) electrons. The molecule has 1 amide bonds. The van der Waals surface area contributed by atoms with Gasteiger partial charge in [0.1, 0.15) is 0 Å². The van der Waals surface area contributed by atoms with Crippen molar-refractivity contribution in [2.45, 2.75) is 32.2 Å². The molecule has 0 bridgehead atoms. The van der Waals surface area contributed by atoms with Crippen molar-refractivity contribution in [1.29, 1.82) is 0 Å². The van der Waals surface area contributed by atoms with Crippen molar-refractivity contribution in [2.75, 3.05) is 39.3 Å². The molecule has 2 heterocycles. The molecule has 4 heteroatoms. The molecule has 1 aromatic carbocycles. The summed E-state index contributed by atoms with van der Waals surface area (Å²) in [6.45, 7) is 7.88. The van der Waals surface area contributed by atoms with Gasteiger partial charge in [-0.05, 0) is 36.9 Å². The molecule has 0 saturated carbocycles. The van der Waals surface area contributed by atoms with Crippen LogP contribution in [-0.2, 0) is 4.79 Å². The van der Waals surface area contributed by atoms with Crippen molar-refractivity contribution in [3.8, 4) is 0 Å². The molecule has 1 saturated heterocycles. The van der Waals surface area contributed by atoms with E-state index in [0.717, 1.165) is 52.0 Å². The summed E-state index contributed by atoms with van der Waals surface area (Å²) in [6, 6.07) is 10.9. The number of carbonyl (C=O) groups is 1. The minimum absolute atomic E-state index is 0.182. The topological polar surface area (TPSA) is 35.6 Å². The molecule has 1 aromatic rings. The molecule has 3 rings (SSSR count). The van der Waals surface area contributed by atoms with Gasteiger partial charge in [-0.2, -0.15) is 0 Å². The average Bonchev–Trinajstić information content (AvgIpc) is 2.64. The highest BCUT2D eigenvalue weighted by atomic mass is 16.2. The maximum Gasteiger partial charge on any atom is 0.234 e. The van der Waals surface area contributed by atoms with E-state index in [1.165, 1.54) is 11.1 Å². The van der Waals surface area contributed by atoms with Gasteiger partial charge in [0.2, 0.25) is 5.91 Å². The van der Waals surface area contributed by atoms with Crippen LogP contribution in [0, 0.1) is 0 Å². The van der Waals surface area contributed by atoms with Crippen molar-refractivity contribution < 1.29 is 4.79 Å². The highest BCUT2D eigenvalue weighted by Crippen LogP contribution is 2.21. The summed E-state index contributed by atoms with van der Waals surface area (Å²) in [5, 5.41) is 3.23. The van der Waals surface area contributed by atoms with Crippen LogP contribution in [0.2, 0.25) is 0 Å². The molecular formula is C20H29N3O. The molecule has 2 aliphatic heterocycles. The predicted molar refractivity (Wildman–Crippen MR) is 98.8 cm³/mol. The van der Waals surface area contributed by atoms with Crippen molar-refractivity contribution in [1.82, 2.24) is 15.1 Å². The van der Waals surface area contributed by atoms with Crippen LogP contribution in [0.3, 0.4) is 0 Å². The lowest BCUT2D eigenvalue weighted by atomic mass is 9.99. The van der Waals surface area contributed by atoms with Crippen LogP contribution < -0.4 is 5.32 Å². The molecule has 0 spiro atoms. The first-order valence-corrected chi connectivity index (χ1v) is 9.23. The number of rotatable bonds is 5. The predicted octanol–water partition coefficient (Wildman–Crippen LogP) is 2.38. The second kappa shape index (κ2) is 8.45. The molecule has 130 valence electrons. The second-order valence-electron chi connectivity index (χ2n) is 6.86. The summed E-state index contributed by atoms with van der Waals surface area (Å²) in [4.78, 5) is 17.0. The Kier molecular flexibility index (Phi) is 6.05. The molecule has 4 nitrogen and oxygen atoms in total. The minimum atomic E-state index is 0.182. The number of nitrogens with zero attached hydrogens (tertiary/aromatic N) is 2. The van der Waals surface area contributed by atoms with Gasteiger partial charge in [-0.3, -0.25) is 9.69 Å². The first kappa shape index (κ1) is 17.2. The van der Waals surface area contributed by atoms with E-state index in [4.69, 9.17) is 0 Å². The number of hydrogen-bond donors (Lipinski definition) is 1. The fourth-order valence-corrected chi connectivity index (χ4v) is 3.64. The highest BCUT2D eigenvalue weighted by Gasteiger charge is 2.21. The van der Waals surface area contributed by atoms with Crippen LogP contribution in [0.5, 0.6) is 0 Å². The average molecular weight is 327 g/mol. The Balaban J connectivity index is 1.43. The van der Waals surface area contributed by atoms with E-state index < -0.39 is 0 Å². The molecular weight excluding hydrogens is 298 g/mol. The van der Waals surface area contributed by atoms with Crippen LogP contribution in [-0.4, -0.2) is 61.0 Å². The largest absolute Gasteiger partial charge is 0.352 e. The summed E-state index contributed by atoms with van der Waals surface area (Å²) in [6.07, 6.45) is 5.45. The molecule has 0 unspecified atom stereocenters. The fraction of sp³-hybridized carbons (Fsp3) is 0.550. The molecule has 24 heavy (non-hydrogen) atoms. The van der Waals surface area contributed by atoms with E-state index in [9.17, 15) is 4.79 Å². The number of hydrogen-bond acceptors (Lipinski definition) is 3. The first-order valence-electron chi connectivity index (χ1n) is 9.23. The van der Waals surface area contributed by atoms with Crippen molar-refractivity contribution >= 4 is 11.5 Å². The lowest BCUT2D eigenvalue weighted by molar-refractivity contribution is -0.123. The van der Waals surface area contributed by atoms with Crippen molar-refractivity contribution in [3.63, 3.8) is 0 Å². The Morgan fingerprint density at radius 3 is 2.50 bits per heavy atom. The van der Waals surface area contributed by atoms with Crippen LogP contribution in [0.15, 0.2) is 36.4 Å². The Morgan fingerprint density at radius 1 is 1.12 bits per heavy atom. The molecule has 1 N–H and O–H groups in total. The zero-order valence-corrected chi connectivity index (χ0v) is 14.7. The summed E-state index contributed by atoms with van der Waals surface area (Å²) < 4.78 is 0. The van der Waals surface area contributed by atoms with Gasteiger partial charge in [0.15, 0.2) is 0 Å². The Morgan fingerprint density at radius 2 is 1.88 bits per heavy atom. The number of nitrogens with one attached hydrogen (secondary N) is 1. The molecule has 2 aliphatic rings. The number of piperidine rings is 1. The lowest BCUT2D eigenvalue weighted by Crippen LogP contribution is -2.47. The van der Waals surface area contributed by atoms with E-state index in [2.05, 4.69) is 58.4 Å². The quantitative estimate of drug-likeness (QED) is 0.902. The van der Waals surface area contributed by atoms with E-state index in [0.29, 0.717) is 12.6 Å². The third-order valence-electron chi connectivity index (χ3n) is 5.20. The van der Waals surface area contributed by atoms with Crippen LogP contribution in [0.1, 0.15) is 31.7 Å². The number of carbonyl (C=O) groups excluding carboxylic acids is 1. The Labute approximate surface area is 145 Å². The standard InChI is InChI=1S/C20H29N3O/c1-2-22-14-10-19(11-15-22)21-20(24)16-23-12-8-18(9-13-23)17-6-4-3-5-7-17/h3-8,19H,2,9-16H2,1H3,(H,21,24). The van der Waals surface area contributed by atoms with E-state index in [1.54, 1.807) is 0 Å². The van der Waals surface area contributed by atoms with Gasteiger partial charge in [0.25, 0.3) is 0 Å². The second-order valence-corrected chi connectivity index (χ2v) is 6.86. The van der Waals surface area contributed by atoms with Crippen molar-refractivity contribution in [2.24, 2.45) is 0 Å². The number of amides is 1. The van der Waals surface area contributed by atoms with E-state index >= 15 is 0 Å². The Hall–Kier alpha value is -1.65. The van der Waals surface area contributed by atoms with Gasteiger partial charge in [0.05, 0.1) is 6.54 Å². The maximum atomic E-state index is 12.3. The van der Waals surface area contributed by atoms with Gasteiger partial charge in [-0.1, -0.05) is 43.3 Å². The highest BCUT2D eigenvalue weighted by molar-refractivity contribution is 5.78. The fourth-order valence-electron chi connectivity index (χ4n) is 3.64. The lowest BCUT2D eigenvalue weighted by Gasteiger charge is -2.32. The zero-order chi connectivity index (χ0) is 16.8. The molecule has 0 aromatic heterocycles. The summed E-state index contributed by atoms with van der Waals surface area (Å²) in [5.41, 5.74) is 2.71. The van der Waals surface area contributed by atoms with Gasteiger partial charge in [0, 0.05) is 32.2 Å². The molecule has 0 aliphatic carbocycles. The monoisotopic (exact) mass is 327 g/mol. The van der Waals surface area contributed by atoms with Crippen LogP contribution >= 0.6 is 0 Å². The van der Waals surface area contributed by atoms with Crippen LogP contribution in [0.25, 0.3) is 5.57 Å². The summed E-state index contributed by atoms with van der Waals surface area (Å²) >= 11 is 0. The van der Waals surface area contributed by atoms with Gasteiger partial charge < -0.3 is 10.2 Å². The van der Waals surface area contributed by atoms with Crippen LogP contribution in [0.4, 0.5) is 0 Å². The van der Waals surface area contributed by atoms with E-state index in [1.807, 2.05) is 0 Å². The van der Waals surface area contributed by atoms with Gasteiger partial charge in [-0.15, -0.1) is 0 Å². The van der Waals surface area contributed by atoms with Gasteiger partial charge >= 0.3 is 0 Å². The SMILES string of the molecule is CCN1CCC(NC(=O)CN2CC=C(c3ccccc3)CC2)CC1. The third kappa shape index (κ3) is 4.68. The van der Waals surface area contributed by atoms with E-state index in [-0.39, 0.29) is 5.91 Å². The minimum Gasteiger partial charge on any atom is -0.352 e. The van der Waals surface area contributed by atoms with Gasteiger partial charge in [-0.25, -0.2) is 0 Å². The maximum absolute atomic E-state index is 12.3. The zero-order valence-electron chi connectivity index (χ0n) is 14.7. The Bertz CT molecular complexity index is 562. The molecule has 1 fully saturated rings. The summed E-state index contributed by atoms with van der Waals surface area (Å²) in [5.74, 6) is 0.182. The normalized spacial score (nSPS) is 20.6. The first-order chi connectivity index (χ1) is 11.7. The number of benzene rings is 1. The molecule has 0 atom stereocenters.